The highest BCUT2D eigenvalue weighted by molar-refractivity contribution is 5.27. The van der Waals surface area contributed by atoms with Crippen molar-refractivity contribution in [1.82, 2.24) is 5.32 Å². The fraction of sp³-hybridized carbons (Fsp3) is 0.667. The molecular weight excluding hydrogens is 262 g/mol. The molecule has 0 amide bonds. The van der Waals surface area contributed by atoms with Gasteiger partial charge in [0.2, 0.25) is 0 Å². The first kappa shape index (κ1) is 16.3. The van der Waals surface area contributed by atoms with Crippen LogP contribution in [0.2, 0.25) is 0 Å². The van der Waals surface area contributed by atoms with Crippen LogP contribution >= 0.6 is 0 Å². The Bertz CT molecular complexity index is 391. The van der Waals surface area contributed by atoms with Gasteiger partial charge in [0.15, 0.2) is 0 Å². The number of hydrogen-bond donors (Lipinski definition) is 1. The van der Waals surface area contributed by atoms with E-state index in [-0.39, 0.29) is 0 Å². The molecular formula is C18H29NO2. The fourth-order valence-electron chi connectivity index (χ4n) is 2.93. The first-order chi connectivity index (χ1) is 10.3. The molecule has 0 radical (unpaired) electrons. The third-order valence-corrected chi connectivity index (χ3v) is 4.16. The van der Waals surface area contributed by atoms with E-state index in [0.717, 1.165) is 31.7 Å². The molecule has 1 fully saturated rings. The fourth-order valence-corrected chi connectivity index (χ4v) is 2.93. The third kappa shape index (κ3) is 5.33. The first-order valence-corrected chi connectivity index (χ1v) is 8.31. The van der Waals surface area contributed by atoms with E-state index in [1.54, 1.807) is 7.11 Å². The molecule has 118 valence electrons. The lowest BCUT2D eigenvalue weighted by molar-refractivity contribution is 0.114. The number of benzene rings is 1. The van der Waals surface area contributed by atoms with Gasteiger partial charge in [-0.1, -0.05) is 25.5 Å². The lowest BCUT2D eigenvalue weighted by Crippen LogP contribution is -2.45. The molecule has 0 bridgehead atoms. The van der Waals surface area contributed by atoms with Crippen molar-refractivity contribution in [2.75, 3.05) is 20.3 Å². The summed E-state index contributed by atoms with van der Waals surface area (Å²) in [5, 5.41) is 3.64. The van der Waals surface area contributed by atoms with Gasteiger partial charge >= 0.3 is 0 Å². The maximum atomic E-state index is 6.23. The quantitative estimate of drug-likeness (QED) is 0.794. The predicted molar refractivity (Wildman–Crippen MR) is 87.0 cm³/mol. The van der Waals surface area contributed by atoms with Crippen molar-refractivity contribution in [3.63, 3.8) is 0 Å². The van der Waals surface area contributed by atoms with Crippen LogP contribution in [-0.4, -0.2) is 32.4 Å². The van der Waals surface area contributed by atoms with Gasteiger partial charge in [-0.2, -0.15) is 0 Å². The normalized spacial score (nSPS) is 22.2. The second kappa shape index (κ2) is 9.06. The maximum Gasteiger partial charge on any atom is 0.119 e. The van der Waals surface area contributed by atoms with Gasteiger partial charge in [0.25, 0.3) is 0 Å². The summed E-state index contributed by atoms with van der Waals surface area (Å²) in [5.74, 6) is 0.992. The smallest absolute Gasteiger partial charge is 0.119 e. The van der Waals surface area contributed by atoms with Crippen molar-refractivity contribution in [3.8, 4) is 5.75 Å². The van der Waals surface area contributed by atoms with Crippen molar-refractivity contribution >= 4 is 0 Å². The number of hydrogen-bond acceptors (Lipinski definition) is 3. The maximum absolute atomic E-state index is 6.23. The summed E-state index contributed by atoms with van der Waals surface area (Å²) in [7, 11) is 1.74. The Labute approximate surface area is 129 Å². The second-order valence-electron chi connectivity index (χ2n) is 5.89. The monoisotopic (exact) mass is 291 g/mol. The Kier molecular flexibility index (Phi) is 7.04. The molecule has 3 heteroatoms. The number of methoxy groups -OCH3 is 1. The summed E-state index contributed by atoms with van der Waals surface area (Å²) >= 11 is 0. The highest BCUT2D eigenvalue weighted by Crippen LogP contribution is 2.24. The van der Waals surface area contributed by atoms with Crippen LogP contribution < -0.4 is 10.1 Å². The lowest BCUT2D eigenvalue weighted by Gasteiger charge is -2.32. The van der Waals surface area contributed by atoms with Crippen molar-refractivity contribution in [3.05, 3.63) is 29.8 Å². The summed E-state index contributed by atoms with van der Waals surface area (Å²) < 4.78 is 11.3. The molecule has 1 aromatic rings. The SMILES string of the molecule is CCCNC1CCCCC1Oc1ccc(CCOC)cc1. The minimum absolute atomic E-state index is 0.315. The van der Waals surface area contributed by atoms with Gasteiger partial charge in [-0.05, 0) is 56.3 Å². The second-order valence-corrected chi connectivity index (χ2v) is 5.89. The molecule has 1 aliphatic rings. The zero-order valence-electron chi connectivity index (χ0n) is 13.4. The minimum atomic E-state index is 0.315. The van der Waals surface area contributed by atoms with Crippen LogP contribution in [0.25, 0.3) is 0 Å². The molecule has 1 N–H and O–H groups in total. The number of rotatable bonds is 8. The third-order valence-electron chi connectivity index (χ3n) is 4.16. The standard InChI is InChI=1S/C18H29NO2/c1-3-13-19-17-6-4-5-7-18(17)21-16-10-8-15(9-11-16)12-14-20-2/h8-11,17-19H,3-7,12-14H2,1-2H3. The summed E-state index contributed by atoms with van der Waals surface area (Å²) in [6.45, 7) is 4.07. The molecule has 0 heterocycles. The van der Waals surface area contributed by atoms with Crippen LogP contribution in [0.1, 0.15) is 44.6 Å². The zero-order valence-corrected chi connectivity index (χ0v) is 13.4. The Balaban J connectivity index is 1.89. The Morgan fingerprint density at radius 2 is 1.90 bits per heavy atom. The Morgan fingerprint density at radius 1 is 1.14 bits per heavy atom. The average molecular weight is 291 g/mol. The zero-order chi connectivity index (χ0) is 14.9. The summed E-state index contributed by atoms with van der Waals surface area (Å²) in [4.78, 5) is 0. The van der Waals surface area contributed by atoms with Crippen LogP contribution in [0.3, 0.4) is 0 Å². The molecule has 21 heavy (non-hydrogen) atoms. The largest absolute Gasteiger partial charge is 0.489 e. The van der Waals surface area contributed by atoms with Gasteiger partial charge in [0, 0.05) is 13.2 Å². The molecule has 0 spiro atoms. The Hall–Kier alpha value is -1.06. The van der Waals surface area contributed by atoms with E-state index in [0.29, 0.717) is 12.1 Å². The molecule has 2 rings (SSSR count). The van der Waals surface area contributed by atoms with E-state index in [2.05, 4.69) is 36.5 Å². The number of nitrogens with one attached hydrogen (secondary N) is 1. The van der Waals surface area contributed by atoms with E-state index < -0.39 is 0 Å². The van der Waals surface area contributed by atoms with Gasteiger partial charge in [0.05, 0.1) is 6.61 Å². The molecule has 0 saturated heterocycles. The van der Waals surface area contributed by atoms with Gasteiger partial charge in [0.1, 0.15) is 11.9 Å². The molecule has 1 aliphatic carbocycles. The molecule has 3 nitrogen and oxygen atoms in total. The molecule has 2 atom stereocenters. The van der Waals surface area contributed by atoms with Crippen LogP contribution in [-0.2, 0) is 11.2 Å². The predicted octanol–water partition coefficient (Wildman–Crippen LogP) is 3.57. The van der Waals surface area contributed by atoms with E-state index in [9.17, 15) is 0 Å². The van der Waals surface area contributed by atoms with E-state index in [1.807, 2.05) is 0 Å². The van der Waals surface area contributed by atoms with Crippen molar-refractivity contribution in [2.24, 2.45) is 0 Å². The first-order valence-electron chi connectivity index (χ1n) is 8.31. The van der Waals surface area contributed by atoms with Crippen molar-refractivity contribution < 1.29 is 9.47 Å². The van der Waals surface area contributed by atoms with Crippen molar-refractivity contribution in [1.29, 1.82) is 0 Å². The van der Waals surface area contributed by atoms with Gasteiger partial charge in [-0.15, -0.1) is 0 Å². The summed E-state index contributed by atoms with van der Waals surface area (Å²) in [6, 6.07) is 8.98. The number of ether oxygens (including phenoxy) is 2. The minimum Gasteiger partial charge on any atom is -0.489 e. The average Bonchev–Trinajstić information content (AvgIpc) is 2.53. The molecule has 2 unspecified atom stereocenters. The molecule has 1 saturated carbocycles. The van der Waals surface area contributed by atoms with Crippen molar-refractivity contribution in [2.45, 2.75) is 57.6 Å². The van der Waals surface area contributed by atoms with Gasteiger partial charge in [-0.25, -0.2) is 0 Å². The van der Waals surface area contributed by atoms with Gasteiger partial charge in [-0.3, -0.25) is 0 Å². The van der Waals surface area contributed by atoms with Crippen LogP contribution in [0.4, 0.5) is 0 Å². The van der Waals surface area contributed by atoms with E-state index in [1.165, 1.54) is 31.2 Å². The van der Waals surface area contributed by atoms with Gasteiger partial charge < -0.3 is 14.8 Å². The molecule has 0 aliphatic heterocycles. The molecule has 1 aromatic carbocycles. The summed E-state index contributed by atoms with van der Waals surface area (Å²) in [5.41, 5.74) is 1.30. The highest BCUT2D eigenvalue weighted by Gasteiger charge is 2.26. The summed E-state index contributed by atoms with van der Waals surface area (Å²) in [6.07, 6.45) is 7.44. The van der Waals surface area contributed by atoms with E-state index >= 15 is 0 Å². The lowest BCUT2D eigenvalue weighted by atomic mass is 9.92. The van der Waals surface area contributed by atoms with E-state index in [4.69, 9.17) is 9.47 Å². The molecule has 0 aromatic heterocycles. The van der Waals surface area contributed by atoms with Crippen LogP contribution in [0.15, 0.2) is 24.3 Å². The highest BCUT2D eigenvalue weighted by atomic mass is 16.5. The topological polar surface area (TPSA) is 30.5 Å². The van der Waals surface area contributed by atoms with Crippen LogP contribution in [0, 0.1) is 0 Å². The van der Waals surface area contributed by atoms with Crippen LogP contribution in [0.5, 0.6) is 5.75 Å². The Morgan fingerprint density at radius 3 is 2.62 bits per heavy atom.